The van der Waals surface area contributed by atoms with E-state index in [1.807, 2.05) is 18.2 Å². The fraction of sp³-hybridized carbons (Fsp3) is 0.364. The standard InChI is InChI=1S/C22H22N2O7/c1-29-21(25)10-17-12-23(7-6-14-2-5-19-20(8-14)31-13-30-19)11-16-9-15(22(26)27)3-4-18(16)24(17)28/h2-5,8-9,17H,6-7,10-13H2,1H3/p+1. The summed E-state index contributed by atoms with van der Waals surface area (Å²) in [6, 6.07) is 9.57. The molecule has 31 heavy (non-hydrogen) atoms. The molecule has 2 aromatic carbocycles. The third-order valence-electron chi connectivity index (χ3n) is 5.54. The van der Waals surface area contributed by atoms with Gasteiger partial charge in [-0.2, -0.15) is 0 Å². The number of carbonyl (C=O) groups excluding carboxylic acids is 1. The van der Waals surface area contributed by atoms with Crippen LogP contribution in [0.2, 0.25) is 0 Å². The van der Waals surface area contributed by atoms with E-state index in [0.717, 1.165) is 10.3 Å². The number of ether oxygens (including phenoxy) is 3. The molecule has 0 amide bonds. The number of nitroso groups, excluding NO2 is 1. The van der Waals surface area contributed by atoms with E-state index in [0.29, 0.717) is 48.8 Å². The van der Waals surface area contributed by atoms with E-state index in [1.54, 1.807) is 0 Å². The Kier molecular flexibility index (Phi) is 5.85. The Morgan fingerprint density at radius 1 is 1.19 bits per heavy atom. The smallest absolute Gasteiger partial charge is 0.335 e. The number of methoxy groups -OCH3 is 1. The molecule has 0 saturated heterocycles. The highest BCUT2D eigenvalue weighted by atomic mass is 16.7. The summed E-state index contributed by atoms with van der Waals surface area (Å²) in [5, 5.41) is 9.33. The van der Waals surface area contributed by atoms with Crippen molar-refractivity contribution in [3.63, 3.8) is 0 Å². The molecule has 4 rings (SSSR count). The number of rotatable bonds is 6. The fourth-order valence-electron chi connectivity index (χ4n) is 3.91. The number of carboxylic acid groups (broad SMARTS) is 1. The minimum absolute atomic E-state index is 0.0549. The molecule has 1 atom stereocenters. The van der Waals surface area contributed by atoms with E-state index in [4.69, 9.17) is 14.2 Å². The maximum absolute atomic E-state index is 13.0. The molecule has 0 radical (unpaired) electrons. The molecule has 2 aliphatic heterocycles. The summed E-state index contributed by atoms with van der Waals surface area (Å²) in [5.41, 5.74) is 2.17. The third kappa shape index (κ3) is 4.51. The monoisotopic (exact) mass is 427 g/mol. The number of hydrogen-bond donors (Lipinski definition) is 1. The van der Waals surface area contributed by atoms with Gasteiger partial charge in [-0.15, -0.1) is 0 Å². The van der Waals surface area contributed by atoms with E-state index in [9.17, 15) is 19.6 Å². The largest absolute Gasteiger partial charge is 0.478 e. The molecule has 2 heterocycles. The predicted molar refractivity (Wildman–Crippen MR) is 109 cm³/mol. The highest BCUT2D eigenvalue weighted by Gasteiger charge is 2.38. The van der Waals surface area contributed by atoms with Crippen molar-refractivity contribution in [3.05, 3.63) is 58.0 Å². The summed E-state index contributed by atoms with van der Waals surface area (Å²) in [6.07, 6.45) is 0.634. The maximum atomic E-state index is 13.0. The van der Waals surface area contributed by atoms with Gasteiger partial charge in [-0.1, -0.05) is 6.07 Å². The SMILES string of the molecule is COC(=O)CC1CN(CCc2ccc3c(c2)OCO3)Cc2cc(C(=O)O)ccc2[N+]1=O. The van der Waals surface area contributed by atoms with Crippen LogP contribution in [0.1, 0.15) is 27.9 Å². The highest BCUT2D eigenvalue weighted by Crippen LogP contribution is 2.33. The third-order valence-corrected chi connectivity index (χ3v) is 5.54. The molecule has 2 aromatic rings. The Bertz CT molecular complexity index is 1040. The van der Waals surface area contributed by atoms with Gasteiger partial charge >= 0.3 is 11.9 Å². The first-order valence-corrected chi connectivity index (χ1v) is 9.95. The number of hydrogen-bond acceptors (Lipinski definition) is 7. The van der Waals surface area contributed by atoms with Gasteiger partial charge in [-0.05, 0) is 36.2 Å². The zero-order chi connectivity index (χ0) is 22.0. The molecule has 0 bridgehead atoms. The second-order valence-corrected chi connectivity index (χ2v) is 7.58. The summed E-state index contributed by atoms with van der Waals surface area (Å²) in [5.74, 6) is -0.0948. The minimum Gasteiger partial charge on any atom is -0.478 e. The summed E-state index contributed by atoms with van der Waals surface area (Å²) in [4.78, 5) is 38.4. The van der Waals surface area contributed by atoms with Crippen molar-refractivity contribution in [2.45, 2.75) is 25.4 Å². The Labute approximate surface area is 178 Å². The molecule has 162 valence electrons. The lowest BCUT2D eigenvalue weighted by Crippen LogP contribution is -2.36. The quantitative estimate of drug-likeness (QED) is 0.554. The summed E-state index contributed by atoms with van der Waals surface area (Å²) < 4.78 is 16.3. The van der Waals surface area contributed by atoms with Crippen LogP contribution in [0.25, 0.3) is 0 Å². The zero-order valence-electron chi connectivity index (χ0n) is 17.1. The van der Waals surface area contributed by atoms with Crippen molar-refractivity contribution in [1.82, 2.24) is 4.90 Å². The van der Waals surface area contributed by atoms with Gasteiger partial charge in [0.2, 0.25) is 12.8 Å². The van der Waals surface area contributed by atoms with Crippen LogP contribution < -0.4 is 9.47 Å². The molecule has 2 aliphatic rings. The molecular formula is C22H23N2O7+. The Balaban J connectivity index is 1.57. The van der Waals surface area contributed by atoms with Gasteiger partial charge in [0.1, 0.15) is 6.42 Å². The van der Waals surface area contributed by atoms with Crippen LogP contribution in [-0.4, -0.2) is 59.7 Å². The van der Waals surface area contributed by atoms with Crippen LogP contribution in [0, 0.1) is 4.91 Å². The van der Waals surface area contributed by atoms with E-state index >= 15 is 0 Å². The predicted octanol–water partition coefficient (Wildman–Crippen LogP) is 2.51. The highest BCUT2D eigenvalue weighted by molar-refractivity contribution is 5.88. The molecule has 0 aromatic heterocycles. The first kappa shape index (κ1) is 20.8. The molecule has 1 unspecified atom stereocenters. The summed E-state index contributed by atoms with van der Waals surface area (Å²) in [7, 11) is 1.29. The molecule has 0 spiro atoms. The molecule has 9 nitrogen and oxygen atoms in total. The van der Waals surface area contributed by atoms with Crippen LogP contribution >= 0.6 is 0 Å². The van der Waals surface area contributed by atoms with Crippen molar-refractivity contribution >= 4 is 17.6 Å². The zero-order valence-corrected chi connectivity index (χ0v) is 17.1. The van der Waals surface area contributed by atoms with Crippen molar-refractivity contribution in [2.24, 2.45) is 0 Å². The number of fused-ring (bicyclic) bond motifs is 2. The lowest BCUT2D eigenvalue weighted by atomic mass is 10.1. The van der Waals surface area contributed by atoms with Crippen LogP contribution in [0.5, 0.6) is 11.5 Å². The van der Waals surface area contributed by atoms with Gasteiger partial charge < -0.3 is 19.3 Å². The fourth-order valence-corrected chi connectivity index (χ4v) is 3.91. The van der Waals surface area contributed by atoms with Crippen LogP contribution in [0.15, 0.2) is 36.4 Å². The van der Waals surface area contributed by atoms with Crippen molar-refractivity contribution in [1.29, 1.82) is 0 Å². The average Bonchev–Trinajstić information content (AvgIpc) is 3.19. The first-order chi connectivity index (χ1) is 14.9. The molecule has 0 saturated carbocycles. The number of carboxylic acids is 1. The van der Waals surface area contributed by atoms with Crippen molar-refractivity contribution in [2.75, 3.05) is 27.0 Å². The molecule has 0 fully saturated rings. The van der Waals surface area contributed by atoms with E-state index < -0.39 is 18.0 Å². The van der Waals surface area contributed by atoms with Gasteiger partial charge in [-0.3, -0.25) is 9.69 Å². The maximum Gasteiger partial charge on any atom is 0.335 e. The number of esters is 1. The van der Waals surface area contributed by atoms with E-state index in [1.165, 1.54) is 25.3 Å². The lowest BCUT2D eigenvalue weighted by Gasteiger charge is -2.20. The molecule has 1 N–H and O–H groups in total. The molecule has 0 aliphatic carbocycles. The Morgan fingerprint density at radius 2 is 2.00 bits per heavy atom. The van der Waals surface area contributed by atoms with Crippen LogP contribution in [0.3, 0.4) is 0 Å². The summed E-state index contributed by atoms with van der Waals surface area (Å²) in [6.45, 7) is 1.57. The average molecular weight is 427 g/mol. The van der Waals surface area contributed by atoms with E-state index in [-0.39, 0.29) is 18.8 Å². The second-order valence-electron chi connectivity index (χ2n) is 7.58. The minimum atomic E-state index is -1.05. The van der Waals surface area contributed by atoms with Gasteiger partial charge in [0, 0.05) is 34.4 Å². The van der Waals surface area contributed by atoms with Gasteiger partial charge in [0.05, 0.1) is 19.2 Å². The van der Waals surface area contributed by atoms with Crippen molar-refractivity contribution < 1.29 is 33.7 Å². The second kappa shape index (κ2) is 8.73. The van der Waals surface area contributed by atoms with Crippen LogP contribution in [-0.2, 0) is 22.5 Å². The number of benzene rings is 2. The Morgan fingerprint density at radius 3 is 2.77 bits per heavy atom. The molecule has 9 heteroatoms. The Hall–Kier alpha value is -3.46. The van der Waals surface area contributed by atoms with Gasteiger partial charge in [0.15, 0.2) is 11.5 Å². The topological polar surface area (TPSA) is 105 Å². The van der Waals surface area contributed by atoms with Crippen molar-refractivity contribution in [3.8, 4) is 11.5 Å². The van der Waals surface area contributed by atoms with Gasteiger partial charge in [-0.25, -0.2) is 4.79 Å². The normalized spacial score (nSPS) is 17.7. The number of aromatic carboxylic acids is 1. The first-order valence-electron chi connectivity index (χ1n) is 9.95. The number of nitrogens with zero attached hydrogens (tertiary/aromatic N) is 2. The summed E-state index contributed by atoms with van der Waals surface area (Å²) >= 11 is 0. The van der Waals surface area contributed by atoms with Gasteiger partial charge in [0.25, 0.3) is 5.69 Å². The van der Waals surface area contributed by atoms with E-state index in [2.05, 4.69) is 4.90 Å². The van der Waals surface area contributed by atoms with Crippen LogP contribution in [0.4, 0.5) is 5.69 Å². The molecular weight excluding hydrogens is 404 g/mol. The lowest BCUT2D eigenvalue weighted by molar-refractivity contribution is -0.504. The number of carbonyl (C=O) groups is 2.